The average Bonchev–Trinajstić information content (AvgIpc) is 1.61. The number of amides is 1. The normalized spacial score (nSPS) is 33.4. The Morgan fingerprint density at radius 1 is 1.67 bits per heavy atom. The van der Waals surface area contributed by atoms with Gasteiger partial charge < -0.3 is 0 Å². The van der Waals surface area contributed by atoms with E-state index in [0.717, 1.165) is 18.8 Å². The number of hydrogen-bond acceptors (Lipinski definition) is 1. The highest BCUT2D eigenvalue weighted by Gasteiger charge is 2.31. The van der Waals surface area contributed by atoms with E-state index < -0.39 is 0 Å². The van der Waals surface area contributed by atoms with Gasteiger partial charge in [-0.15, -0.1) is 0 Å². The molecule has 0 aromatic rings. The first-order valence-corrected chi connectivity index (χ1v) is 3.49. The number of nitrogens with one attached hydrogen (secondary N) is 1. The fourth-order valence-electron chi connectivity index (χ4n) is 1.28. The molecule has 0 aliphatic heterocycles. The van der Waals surface area contributed by atoms with Gasteiger partial charge in [-0.25, -0.2) is 0 Å². The summed E-state index contributed by atoms with van der Waals surface area (Å²) in [5.41, 5.74) is 6.76. The number of hydrogen-bond donors (Lipinski definition) is 0. The second kappa shape index (κ2) is 2.38. The predicted molar refractivity (Wildman–Crippen MR) is 34.6 cm³/mol. The van der Waals surface area contributed by atoms with Gasteiger partial charge in [0.25, 0.3) is 0 Å². The first-order valence-electron chi connectivity index (χ1n) is 3.49. The van der Waals surface area contributed by atoms with Gasteiger partial charge in [-0.3, -0.25) is 10.5 Å². The van der Waals surface area contributed by atoms with Crippen molar-refractivity contribution in [3.05, 3.63) is 0 Å². The maximum absolute atomic E-state index is 10.4. The first kappa shape index (κ1) is 6.59. The molecule has 9 heavy (non-hydrogen) atoms. The van der Waals surface area contributed by atoms with Crippen LogP contribution >= 0.6 is 0 Å². The Morgan fingerprint density at radius 3 is 2.56 bits per heavy atom. The zero-order chi connectivity index (χ0) is 6.85. The largest absolute Gasteiger partial charge is 0.273 e. The summed E-state index contributed by atoms with van der Waals surface area (Å²) in [5, 5.41) is 0. The molecule has 1 saturated carbocycles. The third-order valence-electron chi connectivity index (χ3n) is 2.18. The maximum atomic E-state index is 10.4. The fraction of sp³-hybridized carbons (Fsp3) is 0.857. The summed E-state index contributed by atoms with van der Waals surface area (Å²) in [4.78, 5) is 10.4. The van der Waals surface area contributed by atoms with Gasteiger partial charge in [0.1, 0.15) is 0 Å². The van der Waals surface area contributed by atoms with E-state index in [1.54, 1.807) is 0 Å². The van der Waals surface area contributed by atoms with Crippen LogP contribution in [0.4, 0.5) is 0 Å². The molecule has 1 N–H and O–H groups in total. The van der Waals surface area contributed by atoms with Crippen molar-refractivity contribution < 1.29 is 4.79 Å². The Bertz CT molecular complexity index is 116. The smallest absolute Gasteiger partial charge is 0.241 e. The number of carbonyl (C=O) groups is 1. The van der Waals surface area contributed by atoms with Crippen molar-refractivity contribution >= 4 is 5.91 Å². The van der Waals surface area contributed by atoms with Crippen LogP contribution in [0, 0.1) is 11.8 Å². The van der Waals surface area contributed by atoms with Crippen molar-refractivity contribution in [3.8, 4) is 0 Å². The Balaban J connectivity index is 2.19. The molecule has 0 atom stereocenters. The van der Waals surface area contributed by atoms with E-state index in [4.69, 9.17) is 5.73 Å². The topological polar surface area (TPSA) is 40.9 Å². The highest BCUT2D eigenvalue weighted by Crippen LogP contribution is 2.35. The van der Waals surface area contributed by atoms with Crippen molar-refractivity contribution in [2.75, 3.05) is 0 Å². The molecule has 1 aliphatic rings. The van der Waals surface area contributed by atoms with Crippen molar-refractivity contribution in [3.63, 3.8) is 0 Å². The Kier molecular flexibility index (Phi) is 1.74. The van der Waals surface area contributed by atoms with Crippen molar-refractivity contribution in [1.82, 2.24) is 5.73 Å². The van der Waals surface area contributed by atoms with E-state index in [2.05, 4.69) is 6.92 Å². The van der Waals surface area contributed by atoms with Gasteiger partial charge >= 0.3 is 0 Å². The quantitative estimate of drug-likeness (QED) is 0.548. The molecule has 1 radical (unpaired) electrons. The third-order valence-corrected chi connectivity index (χ3v) is 2.18. The lowest BCUT2D eigenvalue weighted by atomic mass is 9.73. The molecule has 2 heteroatoms. The maximum Gasteiger partial charge on any atom is 0.241 e. The van der Waals surface area contributed by atoms with E-state index in [0.29, 0.717) is 0 Å². The summed E-state index contributed by atoms with van der Waals surface area (Å²) in [6, 6.07) is 0. The van der Waals surface area contributed by atoms with E-state index in [9.17, 15) is 4.79 Å². The van der Waals surface area contributed by atoms with Crippen LogP contribution in [0.2, 0.25) is 0 Å². The summed E-state index contributed by atoms with van der Waals surface area (Å²) in [6.45, 7) is 2.13. The predicted octanol–water partition coefficient (Wildman–Crippen LogP) is 1.23. The molecular weight excluding hydrogens is 114 g/mol. The molecule has 0 heterocycles. The van der Waals surface area contributed by atoms with Crippen molar-refractivity contribution in [2.24, 2.45) is 11.8 Å². The summed E-state index contributed by atoms with van der Waals surface area (Å²) < 4.78 is 0. The molecule has 0 aromatic carbocycles. The minimum absolute atomic E-state index is 0.0925. The second-order valence-corrected chi connectivity index (χ2v) is 2.81. The molecular formula is C7H12NO. The summed E-state index contributed by atoms with van der Waals surface area (Å²) in [7, 11) is 0. The lowest BCUT2D eigenvalue weighted by Crippen LogP contribution is -2.30. The van der Waals surface area contributed by atoms with Crippen LogP contribution in [-0.2, 0) is 4.79 Å². The van der Waals surface area contributed by atoms with Crippen LogP contribution in [0.25, 0.3) is 0 Å². The second-order valence-electron chi connectivity index (χ2n) is 2.81. The summed E-state index contributed by atoms with van der Waals surface area (Å²) in [6.07, 6.45) is 3.11. The minimum atomic E-state index is -0.361. The molecule has 0 bridgehead atoms. The molecule has 0 aromatic heterocycles. The molecule has 51 valence electrons. The number of carbonyl (C=O) groups excluding carboxylic acids is 1. The van der Waals surface area contributed by atoms with Gasteiger partial charge in [-0.05, 0) is 18.8 Å². The van der Waals surface area contributed by atoms with Gasteiger partial charge in [0.2, 0.25) is 5.91 Å². The van der Waals surface area contributed by atoms with E-state index >= 15 is 0 Å². The molecule has 0 unspecified atom stereocenters. The molecule has 1 rings (SSSR count). The average molecular weight is 126 g/mol. The van der Waals surface area contributed by atoms with Crippen LogP contribution in [0.15, 0.2) is 0 Å². The Morgan fingerprint density at radius 2 is 2.22 bits per heavy atom. The minimum Gasteiger partial charge on any atom is -0.273 e. The summed E-state index contributed by atoms with van der Waals surface area (Å²) >= 11 is 0. The molecule has 2 nitrogen and oxygen atoms in total. The van der Waals surface area contributed by atoms with Gasteiger partial charge in [0, 0.05) is 5.92 Å². The zero-order valence-corrected chi connectivity index (χ0v) is 5.68. The van der Waals surface area contributed by atoms with E-state index in [-0.39, 0.29) is 11.8 Å². The summed E-state index contributed by atoms with van der Waals surface area (Å²) in [5.74, 6) is 0.471. The van der Waals surface area contributed by atoms with Gasteiger partial charge in [0.15, 0.2) is 0 Å². The van der Waals surface area contributed by atoms with Gasteiger partial charge in [-0.1, -0.05) is 13.3 Å². The van der Waals surface area contributed by atoms with Crippen LogP contribution in [-0.4, -0.2) is 5.91 Å². The molecule has 0 spiro atoms. The highest BCUT2D eigenvalue weighted by atomic mass is 16.1. The standard InChI is InChI=1S/C7H12NO/c1-2-5-3-6(4-5)7(8)9/h5-6,8H,2-4H2,1H3. The third kappa shape index (κ3) is 1.23. The van der Waals surface area contributed by atoms with Crippen LogP contribution in [0.1, 0.15) is 26.2 Å². The van der Waals surface area contributed by atoms with Crippen LogP contribution in [0.5, 0.6) is 0 Å². The van der Waals surface area contributed by atoms with Crippen molar-refractivity contribution in [2.45, 2.75) is 26.2 Å². The first-order chi connectivity index (χ1) is 4.24. The lowest BCUT2D eigenvalue weighted by Gasteiger charge is -2.31. The van der Waals surface area contributed by atoms with Crippen LogP contribution in [0.3, 0.4) is 0 Å². The Labute approximate surface area is 55.4 Å². The SMILES string of the molecule is CCC1CC(C([NH])=O)C1. The lowest BCUT2D eigenvalue weighted by molar-refractivity contribution is -0.126. The van der Waals surface area contributed by atoms with E-state index in [1.807, 2.05) is 0 Å². The Hall–Kier alpha value is -0.530. The van der Waals surface area contributed by atoms with Gasteiger partial charge in [0.05, 0.1) is 0 Å². The molecule has 0 saturated heterocycles. The van der Waals surface area contributed by atoms with Crippen molar-refractivity contribution in [1.29, 1.82) is 0 Å². The molecule has 1 aliphatic carbocycles. The highest BCUT2D eigenvalue weighted by molar-refractivity contribution is 5.76. The monoisotopic (exact) mass is 126 g/mol. The van der Waals surface area contributed by atoms with E-state index in [1.165, 1.54) is 6.42 Å². The molecule has 1 fully saturated rings. The fourth-order valence-corrected chi connectivity index (χ4v) is 1.28. The van der Waals surface area contributed by atoms with Crippen LogP contribution < -0.4 is 5.73 Å². The number of rotatable bonds is 2. The zero-order valence-electron chi connectivity index (χ0n) is 5.68. The molecule has 1 amide bonds. The van der Waals surface area contributed by atoms with Gasteiger partial charge in [-0.2, -0.15) is 0 Å².